The topological polar surface area (TPSA) is 55.6 Å². The Bertz CT molecular complexity index is 1220. The van der Waals surface area contributed by atoms with E-state index in [4.69, 9.17) is 9.72 Å². The highest BCUT2D eigenvalue weighted by atomic mass is 16.5. The smallest absolute Gasteiger partial charge is 0.248 e. The predicted octanol–water partition coefficient (Wildman–Crippen LogP) is 5.28. The first-order chi connectivity index (χ1) is 14.5. The number of aromatic nitrogens is 2. The Morgan fingerprint density at radius 2 is 1.73 bits per heavy atom. The van der Waals surface area contributed by atoms with Gasteiger partial charge in [0.05, 0.1) is 18.5 Å². The van der Waals surface area contributed by atoms with E-state index in [1.54, 1.807) is 19.3 Å². The largest absolute Gasteiger partial charge is 0.497 e. The molecule has 0 saturated carbocycles. The highest BCUT2D eigenvalue weighted by Gasteiger charge is 2.11. The van der Waals surface area contributed by atoms with E-state index >= 15 is 0 Å². The molecule has 0 radical (unpaired) electrons. The first-order valence-corrected chi connectivity index (χ1v) is 9.72. The van der Waals surface area contributed by atoms with E-state index in [1.807, 2.05) is 85.1 Å². The molecule has 0 saturated heterocycles. The van der Waals surface area contributed by atoms with Gasteiger partial charge in [-0.05, 0) is 61.9 Å². The summed E-state index contributed by atoms with van der Waals surface area (Å²) >= 11 is 0. The van der Waals surface area contributed by atoms with E-state index in [1.165, 1.54) is 5.56 Å². The van der Waals surface area contributed by atoms with Crippen molar-refractivity contribution in [2.24, 2.45) is 0 Å². The van der Waals surface area contributed by atoms with E-state index in [-0.39, 0.29) is 5.91 Å². The summed E-state index contributed by atoms with van der Waals surface area (Å²) < 4.78 is 7.21. The van der Waals surface area contributed by atoms with Crippen LogP contribution in [0.4, 0.5) is 5.69 Å². The fraction of sp³-hybridized carbons (Fsp3) is 0.120. The molecule has 0 bridgehead atoms. The minimum atomic E-state index is -0.178. The Hall–Kier alpha value is -3.86. The minimum Gasteiger partial charge on any atom is -0.497 e. The van der Waals surface area contributed by atoms with Gasteiger partial charge in [0, 0.05) is 23.5 Å². The van der Waals surface area contributed by atoms with Crippen LogP contribution in [-0.2, 0) is 4.79 Å². The van der Waals surface area contributed by atoms with Crippen LogP contribution in [0.3, 0.4) is 0 Å². The average Bonchev–Trinajstić information content (AvgIpc) is 3.09. The van der Waals surface area contributed by atoms with Gasteiger partial charge in [0.2, 0.25) is 5.91 Å². The summed E-state index contributed by atoms with van der Waals surface area (Å²) in [5.74, 6) is 0.631. The second-order valence-electron chi connectivity index (χ2n) is 7.15. The number of hydrogen-bond acceptors (Lipinski definition) is 3. The number of fused-ring (bicyclic) bond motifs is 1. The molecular weight excluding hydrogens is 374 g/mol. The van der Waals surface area contributed by atoms with Crippen molar-refractivity contribution >= 4 is 23.3 Å². The maximum atomic E-state index is 12.3. The van der Waals surface area contributed by atoms with E-state index in [2.05, 4.69) is 5.32 Å². The highest BCUT2D eigenvalue weighted by molar-refractivity contribution is 6.01. The molecule has 1 N–H and O–H groups in total. The van der Waals surface area contributed by atoms with Gasteiger partial charge in [-0.2, -0.15) is 0 Å². The lowest BCUT2D eigenvalue weighted by molar-refractivity contribution is -0.111. The van der Waals surface area contributed by atoms with Crippen LogP contribution in [0.15, 0.2) is 72.9 Å². The molecular formula is C25H23N3O2. The minimum absolute atomic E-state index is 0.178. The number of methoxy groups -OCH3 is 1. The van der Waals surface area contributed by atoms with Gasteiger partial charge < -0.3 is 14.5 Å². The standard InChI is InChI=1S/C25H23N3O2/c1-17-4-6-19(7-5-17)8-15-24(29)26-21-11-14-23-27-25(18(2)28(23)16-21)20-9-12-22(30-3)13-10-20/h4-16H,1-3H3,(H,26,29)/b15-8+. The Balaban J connectivity index is 1.54. The van der Waals surface area contributed by atoms with Crippen molar-refractivity contribution < 1.29 is 9.53 Å². The first-order valence-electron chi connectivity index (χ1n) is 9.72. The van der Waals surface area contributed by atoms with Crippen molar-refractivity contribution in [3.05, 3.63) is 89.8 Å². The number of aryl methyl sites for hydroxylation is 2. The number of rotatable bonds is 5. The Morgan fingerprint density at radius 3 is 2.43 bits per heavy atom. The molecule has 1 amide bonds. The number of ether oxygens (including phenoxy) is 1. The molecule has 30 heavy (non-hydrogen) atoms. The van der Waals surface area contributed by atoms with Crippen LogP contribution in [0.1, 0.15) is 16.8 Å². The number of carbonyl (C=O) groups is 1. The third-order valence-corrected chi connectivity index (χ3v) is 4.99. The predicted molar refractivity (Wildman–Crippen MR) is 121 cm³/mol. The van der Waals surface area contributed by atoms with Gasteiger partial charge in [0.25, 0.3) is 0 Å². The number of benzene rings is 2. The van der Waals surface area contributed by atoms with Gasteiger partial charge in [-0.15, -0.1) is 0 Å². The summed E-state index contributed by atoms with van der Waals surface area (Å²) in [7, 11) is 1.65. The van der Waals surface area contributed by atoms with Gasteiger partial charge in [-0.1, -0.05) is 29.8 Å². The number of imidazole rings is 1. The maximum absolute atomic E-state index is 12.3. The van der Waals surface area contributed by atoms with Crippen LogP contribution < -0.4 is 10.1 Å². The van der Waals surface area contributed by atoms with Crippen LogP contribution in [0.2, 0.25) is 0 Å². The Kier molecular flexibility index (Phi) is 5.35. The Labute approximate surface area is 175 Å². The maximum Gasteiger partial charge on any atom is 0.248 e. The molecule has 2 aromatic heterocycles. The fourth-order valence-corrected chi connectivity index (χ4v) is 3.29. The Morgan fingerprint density at radius 1 is 1.00 bits per heavy atom. The molecule has 4 rings (SSSR count). The molecule has 0 aliphatic heterocycles. The van der Waals surface area contributed by atoms with Crippen molar-refractivity contribution in [3.8, 4) is 17.0 Å². The van der Waals surface area contributed by atoms with Crippen molar-refractivity contribution in [2.75, 3.05) is 12.4 Å². The summed E-state index contributed by atoms with van der Waals surface area (Å²) in [6, 6.07) is 19.6. The lowest BCUT2D eigenvalue weighted by atomic mass is 10.1. The quantitative estimate of drug-likeness (QED) is 0.466. The van der Waals surface area contributed by atoms with E-state index in [9.17, 15) is 4.79 Å². The van der Waals surface area contributed by atoms with Crippen LogP contribution in [0.5, 0.6) is 5.75 Å². The number of nitrogens with one attached hydrogen (secondary N) is 1. The normalized spacial score (nSPS) is 11.2. The summed E-state index contributed by atoms with van der Waals surface area (Å²) in [6.07, 6.45) is 5.23. The van der Waals surface area contributed by atoms with Crippen molar-refractivity contribution in [1.29, 1.82) is 0 Å². The van der Waals surface area contributed by atoms with Crippen molar-refractivity contribution in [1.82, 2.24) is 9.38 Å². The molecule has 0 fully saturated rings. The number of carbonyl (C=O) groups excluding carboxylic acids is 1. The van der Waals surface area contributed by atoms with Crippen LogP contribution in [-0.4, -0.2) is 22.4 Å². The summed E-state index contributed by atoms with van der Waals surface area (Å²) in [6.45, 7) is 4.05. The molecule has 0 aliphatic carbocycles. The molecule has 2 heterocycles. The SMILES string of the molecule is COc1ccc(-c2nc3ccc(NC(=O)/C=C/c4ccc(C)cc4)cn3c2C)cc1. The summed E-state index contributed by atoms with van der Waals surface area (Å²) in [4.78, 5) is 17.1. The van der Waals surface area contributed by atoms with Crippen LogP contribution >= 0.6 is 0 Å². The number of nitrogens with zero attached hydrogens (tertiary/aromatic N) is 2. The highest BCUT2D eigenvalue weighted by Crippen LogP contribution is 2.26. The zero-order valence-electron chi connectivity index (χ0n) is 17.2. The lowest BCUT2D eigenvalue weighted by Gasteiger charge is -2.05. The average molecular weight is 397 g/mol. The van der Waals surface area contributed by atoms with E-state index in [0.29, 0.717) is 5.69 Å². The molecule has 4 aromatic rings. The van der Waals surface area contributed by atoms with Crippen molar-refractivity contribution in [2.45, 2.75) is 13.8 Å². The van der Waals surface area contributed by atoms with Crippen molar-refractivity contribution in [3.63, 3.8) is 0 Å². The molecule has 0 spiro atoms. The van der Waals surface area contributed by atoms with Crippen LogP contribution in [0.25, 0.3) is 23.0 Å². The second-order valence-corrected chi connectivity index (χ2v) is 7.15. The molecule has 5 heteroatoms. The number of hydrogen-bond donors (Lipinski definition) is 1. The summed E-state index contributed by atoms with van der Waals surface area (Å²) in [5, 5.41) is 2.92. The monoisotopic (exact) mass is 397 g/mol. The number of amides is 1. The van der Waals surface area contributed by atoms with Gasteiger partial charge in [0.15, 0.2) is 0 Å². The second kappa shape index (κ2) is 8.25. The summed E-state index contributed by atoms with van der Waals surface area (Å²) in [5.41, 5.74) is 6.63. The van der Waals surface area contributed by atoms with Gasteiger partial charge >= 0.3 is 0 Å². The zero-order valence-corrected chi connectivity index (χ0v) is 17.2. The fourth-order valence-electron chi connectivity index (χ4n) is 3.29. The first kappa shape index (κ1) is 19.5. The molecule has 0 unspecified atom stereocenters. The molecule has 2 aromatic carbocycles. The van der Waals surface area contributed by atoms with E-state index in [0.717, 1.165) is 33.9 Å². The third kappa shape index (κ3) is 4.10. The molecule has 0 atom stereocenters. The number of pyridine rings is 1. The molecule has 5 nitrogen and oxygen atoms in total. The van der Waals surface area contributed by atoms with Gasteiger partial charge in [-0.3, -0.25) is 4.79 Å². The number of anilines is 1. The van der Waals surface area contributed by atoms with Gasteiger partial charge in [-0.25, -0.2) is 4.98 Å². The molecule has 0 aliphatic rings. The van der Waals surface area contributed by atoms with E-state index < -0.39 is 0 Å². The van der Waals surface area contributed by atoms with Gasteiger partial charge in [0.1, 0.15) is 11.4 Å². The third-order valence-electron chi connectivity index (χ3n) is 4.99. The lowest BCUT2D eigenvalue weighted by Crippen LogP contribution is -2.08. The van der Waals surface area contributed by atoms with Crippen LogP contribution in [0, 0.1) is 13.8 Å². The zero-order chi connectivity index (χ0) is 21.1. The molecule has 150 valence electrons.